The highest BCUT2D eigenvalue weighted by Gasteiger charge is 2.33. The van der Waals surface area contributed by atoms with Gasteiger partial charge in [-0.3, -0.25) is 9.36 Å². The largest absolute Gasteiger partial charge is 0.493 e. The van der Waals surface area contributed by atoms with Gasteiger partial charge in [0.05, 0.1) is 41.7 Å². The zero-order valence-corrected chi connectivity index (χ0v) is 23.2. The van der Waals surface area contributed by atoms with Crippen LogP contribution in [0.1, 0.15) is 44.9 Å². The minimum Gasteiger partial charge on any atom is -0.493 e. The van der Waals surface area contributed by atoms with Gasteiger partial charge in [0.1, 0.15) is 0 Å². The summed E-state index contributed by atoms with van der Waals surface area (Å²) in [6.07, 6.45) is 1.41. The first kappa shape index (κ1) is 27.8. The number of thiazole rings is 1. The Morgan fingerprint density at radius 2 is 1.87 bits per heavy atom. The standard InChI is InChI=1S/C29H30N2O7S/c1-6-36-24(32)16-37-21-13-12-19(14-22(21)35-5)15-23-27(33)31-26(20-10-8-7-9-11-20)25(28(34)38-17(2)3)18(4)30-29(31)39-23/h7-15,17,26H,6,16H2,1-5H3. The molecule has 0 spiro atoms. The molecule has 1 aromatic heterocycles. The summed E-state index contributed by atoms with van der Waals surface area (Å²) in [6, 6.07) is 13.8. The summed E-state index contributed by atoms with van der Waals surface area (Å²) in [5.41, 5.74) is 2.02. The van der Waals surface area contributed by atoms with Crippen LogP contribution in [0.2, 0.25) is 0 Å². The summed E-state index contributed by atoms with van der Waals surface area (Å²) in [5, 5.41) is 0. The Bertz CT molecular complexity index is 1590. The molecule has 0 fully saturated rings. The smallest absolute Gasteiger partial charge is 0.344 e. The van der Waals surface area contributed by atoms with E-state index >= 15 is 0 Å². The molecular weight excluding hydrogens is 520 g/mol. The van der Waals surface area contributed by atoms with Gasteiger partial charge in [-0.1, -0.05) is 47.7 Å². The number of hydrogen-bond acceptors (Lipinski definition) is 9. The molecule has 0 radical (unpaired) electrons. The molecule has 39 heavy (non-hydrogen) atoms. The van der Waals surface area contributed by atoms with Crippen LogP contribution in [-0.4, -0.2) is 42.9 Å². The number of rotatable bonds is 9. The van der Waals surface area contributed by atoms with Crippen LogP contribution in [0, 0.1) is 0 Å². The van der Waals surface area contributed by atoms with Crippen LogP contribution >= 0.6 is 11.3 Å². The average molecular weight is 551 g/mol. The zero-order chi connectivity index (χ0) is 28.1. The van der Waals surface area contributed by atoms with Crippen molar-refractivity contribution in [2.24, 2.45) is 4.99 Å². The average Bonchev–Trinajstić information content (AvgIpc) is 3.21. The summed E-state index contributed by atoms with van der Waals surface area (Å²) in [6.45, 7) is 7.05. The van der Waals surface area contributed by atoms with Crippen molar-refractivity contribution in [3.8, 4) is 11.5 Å². The second-order valence-corrected chi connectivity index (χ2v) is 9.96. The van der Waals surface area contributed by atoms with Crippen molar-refractivity contribution in [3.63, 3.8) is 0 Å². The zero-order valence-electron chi connectivity index (χ0n) is 22.4. The Balaban J connectivity index is 1.77. The van der Waals surface area contributed by atoms with Gasteiger partial charge in [-0.2, -0.15) is 0 Å². The third-order valence-electron chi connectivity index (χ3n) is 5.84. The van der Waals surface area contributed by atoms with E-state index in [9.17, 15) is 14.4 Å². The van der Waals surface area contributed by atoms with Crippen LogP contribution in [0.15, 0.2) is 69.6 Å². The Morgan fingerprint density at radius 3 is 2.54 bits per heavy atom. The molecule has 0 aliphatic carbocycles. The molecule has 1 atom stereocenters. The Morgan fingerprint density at radius 1 is 1.13 bits per heavy atom. The second-order valence-electron chi connectivity index (χ2n) is 8.95. The van der Waals surface area contributed by atoms with E-state index < -0.39 is 18.0 Å². The van der Waals surface area contributed by atoms with Crippen LogP contribution in [0.3, 0.4) is 0 Å². The molecule has 4 rings (SSSR count). The number of aromatic nitrogens is 1. The Hall–Kier alpha value is -4.18. The van der Waals surface area contributed by atoms with Gasteiger partial charge in [0.2, 0.25) is 0 Å². The molecule has 2 heterocycles. The number of benzene rings is 2. The Kier molecular flexibility index (Phi) is 8.65. The molecule has 3 aromatic rings. The van der Waals surface area contributed by atoms with Crippen molar-refractivity contribution in [3.05, 3.63) is 90.6 Å². The molecule has 2 aromatic carbocycles. The number of carbonyl (C=O) groups is 2. The van der Waals surface area contributed by atoms with Crippen LogP contribution in [-0.2, 0) is 19.1 Å². The molecule has 1 unspecified atom stereocenters. The summed E-state index contributed by atoms with van der Waals surface area (Å²) < 4.78 is 23.4. The van der Waals surface area contributed by atoms with E-state index in [-0.39, 0.29) is 24.9 Å². The highest BCUT2D eigenvalue weighted by Crippen LogP contribution is 2.31. The topological polar surface area (TPSA) is 105 Å². The third kappa shape index (κ3) is 6.12. The monoisotopic (exact) mass is 550 g/mol. The minimum atomic E-state index is -0.677. The van der Waals surface area contributed by atoms with Gasteiger partial charge in [0, 0.05) is 0 Å². The van der Waals surface area contributed by atoms with E-state index in [1.54, 1.807) is 56.5 Å². The predicted molar refractivity (Wildman–Crippen MR) is 147 cm³/mol. The fourth-order valence-corrected chi connectivity index (χ4v) is 5.24. The summed E-state index contributed by atoms with van der Waals surface area (Å²) in [7, 11) is 1.49. The molecule has 1 aliphatic rings. The lowest BCUT2D eigenvalue weighted by molar-refractivity contribution is -0.145. The molecule has 10 heteroatoms. The molecule has 9 nitrogen and oxygen atoms in total. The van der Waals surface area contributed by atoms with E-state index in [2.05, 4.69) is 4.99 Å². The number of nitrogens with zero attached hydrogens (tertiary/aromatic N) is 2. The molecule has 0 N–H and O–H groups in total. The van der Waals surface area contributed by atoms with Gasteiger partial charge in [0.25, 0.3) is 5.56 Å². The van der Waals surface area contributed by atoms with Crippen molar-refractivity contribution in [1.82, 2.24) is 4.57 Å². The number of fused-ring (bicyclic) bond motifs is 1. The first-order valence-electron chi connectivity index (χ1n) is 12.5. The van der Waals surface area contributed by atoms with Crippen molar-refractivity contribution in [1.29, 1.82) is 0 Å². The molecule has 204 valence electrons. The molecule has 0 saturated carbocycles. The predicted octanol–water partition coefficient (Wildman–Crippen LogP) is 3.14. The summed E-state index contributed by atoms with van der Waals surface area (Å²) >= 11 is 1.23. The Labute approximate surface area is 229 Å². The highest BCUT2D eigenvalue weighted by atomic mass is 32.1. The van der Waals surface area contributed by atoms with E-state index in [0.717, 1.165) is 5.56 Å². The van der Waals surface area contributed by atoms with Crippen molar-refractivity contribution < 1.29 is 28.5 Å². The lowest BCUT2D eigenvalue weighted by atomic mass is 9.96. The quantitative estimate of drug-likeness (QED) is 0.377. The van der Waals surface area contributed by atoms with E-state index in [1.807, 2.05) is 30.3 Å². The first-order valence-corrected chi connectivity index (χ1v) is 13.3. The molecule has 0 bridgehead atoms. The number of hydrogen-bond donors (Lipinski definition) is 0. The van der Waals surface area contributed by atoms with Crippen molar-refractivity contribution in [2.75, 3.05) is 20.3 Å². The number of methoxy groups -OCH3 is 1. The molecule has 1 aliphatic heterocycles. The fourth-order valence-electron chi connectivity index (χ4n) is 4.19. The normalized spacial score (nSPS) is 15.0. The van der Waals surface area contributed by atoms with E-state index in [0.29, 0.717) is 37.7 Å². The molecule has 0 saturated heterocycles. The van der Waals surface area contributed by atoms with Gasteiger partial charge in [-0.15, -0.1) is 0 Å². The summed E-state index contributed by atoms with van der Waals surface area (Å²) in [5.74, 6) is -0.211. The molecular formula is C29H30N2O7S. The molecule has 0 amide bonds. The van der Waals surface area contributed by atoms with E-state index in [1.165, 1.54) is 18.4 Å². The number of carbonyl (C=O) groups excluding carboxylic acids is 2. The van der Waals surface area contributed by atoms with Crippen LogP contribution in [0.4, 0.5) is 0 Å². The maximum atomic E-state index is 13.8. The SMILES string of the molecule is CCOC(=O)COc1ccc(C=c2sc3n(c2=O)C(c2ccccc2)C(C(=O)OC(C)C)=C(C)N=3)cc1OC. The van der Waals surface area contributed by atoms with Crippen molar-refractivity contribution >= 4 is 29.4 Å². The first-order chi connectivity index (χ1) is 18.7. The second kappa shape index (κ2) is 12.1. The maximum absolute atomic E-state index is 13.8. The van der Waals surface area contributed by atoms with Gasteiger partial charge < -0.3 is 18.9 Å². The van der Waals surface area contributed by atoms with Gasteiger partial charge >= 0.3 is 11.9 Å². The fraction of sp³-hybridized carbons (Fsp3) is 0.310. The summed E-state index contributed by atoms with van der Waals surface area (Å²) in [4.78, 5) is 43.7. The minimum absolute atomic E-state index is 0.247. The maximum Gasteiger partial charge on any atom is 0.344 e. The van der Waals surface area contributed by atoms with Gasteiger partial charge in [-0.25, -0.2) is 14.6 Å². The van der Waals surface area contributed by atoms with Crippen LogP contribution < -0.4 is 24.4 Å². The van der Waals surface area contributed by atoms with Crippen LogP contribution in [0.25, 0.3) is 6.08 Å². The van der Waals surface area contributed by atoms with Crippen LogP contribution in [0.5, 0.6) is 11.5 Å². The van der Waals surface area contributed by atoms with Crippen molar-refractivity contribution in [2.45, 2.75) is 39.8 Å². The number of ether oxygens (including phenoxy) is 4. The van der Waals surface area contributed by atoms with Gasteiger partial charge in [-0.05, 0) is 57.0 Å². The number of allylic oxidation sites excluding steroid dienone is 1. The van der Waals surface area contributed by atoms with E-state index in [4.69, 9.17) is 18.9 Å². The lowest BCUT2D eigenvalue weighted by Crippen LogP contribution is -2.40. The lowest BCUT2D eigenvalue weighted by Gasteiger charge is -2.25. The third-order valence-corrected chi connectivity index (χ3v) is 6.82. The highest BCUT2D eigenvalue weighted by molar-refractivity contribution is 7.07. The number of esters is 2. The van der Waals surface area contributed by atoms with Gasteiger partial charge in [0.15, 0.2) is 22.9 Å².